The summed E-state index contributed by atoms with van der Waals surface area (Å²) in [7, 11) is -3.59. The predicted molar refractivity (Wildman–Crippen MR) is 119 cm³/mol. The Morgan fingerprint density at radius 2 is 1.88 bits per heavy atom. The summed E-state index contributed by atoms with van der Waals surface area (Å²) in [6.45, 7) is 5.10. The molecule has 11 nitrogen and oxygen atoms in total. The van der Waals surface area contributed by atoms with Gasteiger partial charge in [0.05, 0.1) is 18.0 Å². The second kappa shape index (κ2) is 10.2. The predicted octanol–water partition coefficient (Wildman–Crippen LogP) is -0.651. The van der Waals surface area contributed by atoms with Gasteiger partial charge in [0.1, 0.15) is 49.7 Å². The van der Waals surface area contributed by atoms with Crippen LogP contribution in [-0.4, -0.2) is 85.9 Å². The quantitative estimate of drug-likeness (QED) is 0.238. The van der Waals surface area contributed by atoms with Crippen LogP contribution >= 0.6 is 0 Å². The number of nitrogens with one attached hydrogen (secondary N) is 2. The lowest BCUT2D eigenvalue weighted by atomic mass is 9.83. The third-order valence-electron chi connectivity index (χ3n) is 5.30. The average Bonchev–Trinajstić information content (AvgIpc) is 3.23. The molecule has 12 heteroatoms. The fourth-order valence-corrected chi connectivity index (χ4v) is 4.29. The number of hydrogen-bond acceptors (Lipinski definition) is 9. The lowest BCUT2D eigenvalue weighted by Gasteiger charge is -2.41. The molecule has 33 heavy (non-hydrogen) atoms. The van der Waals surface area contributed by atoms with Gasteiger partial charge in [-0.1, -0.05) is 18.7 Å². The fourth-order valence-electron chi connectivity index (χ4n) is 3.73. The van der Waals surface area contributed by atoms with Crippen LogP contribution in [0.2, 0.25) is 0 Å². The molecule has 1 aromatic carbocycles. The van der Waals surface area contributed by atoms with E-state index < -0.39 is 52.5 Å². The van der Waals surface area contributed by atoms with Gasteiger partial charge >= 0.3 is 0 Å². The van der Waals surface area contributed by atoms with Crippen LogP contribution < -0.4 is 14.8 Å². The zero-order valence-corrected chi connectivity index (χ0v) is 19.0. The number of benzene rings is 1. The van der Waals surface area contributed by atoms with Crippen molar-refractivity contribution in [2.45, 2.75) is 43.5 Å². The van der Waals surface area contributed by atoms with E-state index in [2.05, 4.69) is 16.6 Å². The highest BCUT2D eigenvalue weighted by Gasteiger charge is 2.53. The molecule has 1 amide bonds. The number of anilines is 1. The Balaban J connectivity index is 1.78. The van der Waals surface area contributed by atoms with Gasteiger partial charge in [-0.05, 0) is 30.7 Å². The number of carbonyl (C=O) groups is 1. The van der Waals surface area contributed by atoms with Crippen LogP contribution in [0.3, 0.4) is 0 Å². The number of ether oxygens (including phenoxy) is 3. The number of aliphatic hydroxyl groups excluding tert-OH is 3. The lowest BCUT2D eigenvalue weighted by molar-refractivity contribution is -0.155. The van der Waals surface area contributed by atoms with E-state index in [4.69, 9.17) is 14.2 Å². The molecule has 0 aromatic heterocycles. The summed E-state index contributed by atoms with van der Waals surface area (Å²) in [5.41, 5.74) is 0.892. The van der Waals surface area contributed by atoms with Crippen molar-refractivity contribution < 1.29 is 42.7 Å². The van der Waals surface area contributed by atoms with Gasteiger partial charge in [0.25, 0.3) is 0 Å². The van der Waals surface area contributed by atoms with Crippen LogP contribution in [0.4, 0.5) is 5.69 Å². The molecular weight excluding hydrogens is 456 g/mol. The first-order chi connectivity index (χ1) is 15.5. The first-order valence-corrected chi connectivity index (χ1v) is 12.0. The van der Waals surface area contributed by atoms with Crippen molar-refractivity contribution in [2.24, 2.45) is 0 Å². The van der Waals surface area contributed by atoms with Crippen LogP contribution in [0.5, 0.6) is 5.75 Å². The molecule has 0 bridgehead atoms. The molecule has 0 spiro atoms. The molecule has 0 radical (unpaired) electrons. The van der Waals surface area contributed by atoms with Gasteiger partial charge in [-0.15, -0.1) is 0 Å². The van der Waals surface area contributed by atoms with Gasteiger partial charge < -0.3 is 34.8 Å². The van der Waals surface area contributed by atoms with Crippen molar-refractivity contribution in [3.05, 3.63) is 42.0 Å². The van der Waals surface area contributed by atoms with E-state index in [0.29, 0.717) is 5.56 Å². The fraction of sp³-hybridized carbons (Fsp3) is 0.476. The summed E-state index contributed by atoms with van der Waals surface area (Å²) in [6.07, 6.45) is -1.86. The Hall–Kier alpha value is -2.48. The van der Waals surface area contributed by atoms with Crippen molar-refractivity contribution in [2.75, 3.05) is 24.4 Å². The van der Waals surface area contributed by atoms with E-state index in [1.807, 2.05) is 0 Å². The molecular formula is C21H28N2O9S. The third kappa shape index (κ3) is 5.91. The third-order valence-corrected chi connectivity index (χ3v) is 5.89. The van der Waals surface area contributed by atoms with Crippen molar-refractivity contribution in [1.29, 1.82) is 0 Å². The molecule has 5 N–H and O–H groups in total. The molecule has 1 aliphatic heterocycles. The number of rotatable bonds is 8. The van der Waals surface area contributed by atoms with Gasteiger partial charge in [-0.25, -0.2) is 8.42 Å². The van der Waals surface area contributed by atoms with Gasteiger partial charge in [0.2, 0.25) is 15.9 Å². The van der Waals surface area contributed by atoms with Crippen LogP contribution in [-0.2, 0) is 24.3 Å². The Labute approximate surface area is 191 Å². The minimum atomic E-state index is -3.59. The molecule has 0 unspecified atom stereocenters. The van der Waals surface area contributed by atoms with E-state index in [0.717, 1.165) is 6.26 Å². The number of amides is 1. The number of hydrogen-bond donors (Lipinski definition) is 5. The van der Waals surface area contributed by atoms with Crippen molar-refractivity contribution in [3.8, 4) is 5.75 Å². The van der Waals surface area contributed by atoms with E-state index in [9.17, 15) is 28.5 Å². The topological polar surface area (TPSA) is 164 Å². The summed E-state index contributed by atoms with van der Waals surface area (Å²) in [5, 5.41) is 33.6. The summed E-state index contributed by atoms with van der Waals surface area (Å²) in [5.74, 6) is -0.317. The zero-order chi connectivity index (χ0) is 24.3. The minimum absolute atomic E-state index is 0.133. The summed E-state index contributed by atoms with van der Waals surface area (Å²) < 4.78 is 41.7. The Bertz CT molecular complexity index is 1030. The second-order valence-electron chi connectivity index (χ2n) is 7.91. The van der Waals surface area contributed by atoms with E-state index in [1.54, 1.807) is 12.1 Å². The van der Waals surface area contributed by atoms with Crippen LogP contribution in [0.1, 0.15) is 12.5 Å². The van der Waals surface area contributed by atoms with Crippen molar-refractivity contribution in [3.63, 3.8) is 0 Å². The first-order valence-electron chi connectivity index (χ1n) is 10.1. The summed E-state index contributed by atoms with van der Waals surface area (Å²) in [6, 6.07) is 3.50. The van der Waals surface area contributed by atoms with Gasteiger partial charge in [0, 0.05) is 5.57 Å². The molecule has 1 aliphatic carbocycles. The van der Waals surface area contributed by atoms with Crippen LogP contribution in [0, 0.1) is 0 Å². The molecule has 6 atom stereocenters. The maximum absolute atomic E-state index is 12.7. The van der Waals surface area contributed by atoms with E-state index >= 15 is 0 Å². The molecule has 1 heterocycles. The highest BCUT2D eigenvalue weighted by atomic mass is 32.2. The minimum Gasteiger partial charge on any atom is -0.487 e. The molecule has 1 saturated carbocycles. The first kappa shape index (κ1) is 25.1. The summed E-state index contributed by atoms with van der Waals surface area (Å²) >= 11 is 0. The van der Waals surface area contributed by atoms with Crippen LogP contribution in [0.25, 0.3) is 6.08 Å². The van der Waals surface area contributed by atoms with Crippen LogP contribution in [0.15, 0.2) is 36.4 Å². The Morgan fingerprint density at radius 3 is 2.52 bits per heavy atom. The van der Waals surface area contributed by atoms with Crippen molar-refractivity contribution >= 4 is 27.7 Å². The normalized spacial score (nSPS) is 29.8. The molecule has 3 rings (SSSR count). The molecule has 1 aromatic rings. The Kier molecular flexibility index (Phi) is 7.77. The number of fused-ring (bicyclic) bond motifs is 1. The highest BCUT2D eigenvalue weighted by Crippen LogP contribution is 2.31. The maximum atomic E-state index is 12.7. The number of sulfonamides is 1. The lowest BCUT2D eigenvalue weighted by Crippen LogP contribution is -2.67. The monoisotopic (exact) mass is 484 g/mol. The summed E-state index contributed by atoms with van der Waals surface area (Å²) in [4.78, 5) is 12.7. The number of aliphatic hydroxyl groups is 3. The molecule has 1 saturated heterocycles. The maximum Gasteiger partial charge on any atom is 0.247 e. The van der Waals surface area contributed by atoms with Gasteiger partial charge in [-0.2, -0.15) is 0 Å². The SMILES string of the molecule is C=CCOc1ccc(/C=C(/C)C(=O)N[C@@H]2[C@H](O)[C@@H](O)[C@H]3OCO[C@H]3[C@@H]2O)cc1NS(C)(=O)=O. The number of carbonyl (C=O) groups excluding carboxylic acids is 1. The van der Waals surface area contributed by atoms with E-state index in [-0.39, 0.29) is 30.4 Å². The average molecular weight is 485 g/mol. The zero-order valence-electron chi connectivity index (χ0n) is 18.2. The molecule has 2 aliphatic rings. The van der Waals surface area contributed by atoms with E-state index in [1.165, 1.54) is 25.1 Å². The smallest absolute Gasteiger partial charge is 0.247 e. The Morgan fingerprint density at radius 1 is 1.21 bits per heavy atom. The van der Waals surface area contributed by atoms with Gasteiger partial charge in [-0.3, -0.25) is 9.52 Å². The molecule has 182 valence electrons. The molecule has 2 fully saturated rings. The van der Waals surface area contributed by atoms with Gasteiger partial charge in [0.15, 0.2) is 0 Å². The second-order valence-corrected chi connectivity index (χ2v) is 9.66. The standard InChI is InChI=1S/C21H28N2O9S/c1-4-7-30-14-6-5-12(9-13(14)23-33(3,28)29)8-11(2)21(27)22-15-16(24)18(26)20-19(17(15)25)31-10-32-20/h4-6,8-9,15-20,23-26H,1,7,10H2,2-3H3,(H,22,27)/b11-8-/t15-,16+,17-,18-,19+,20-/m1/s1. The van der Waals surface area contributed by atoms with Crippen molar-refractivity contribution in [1.82, 2.24) is 5.32 Å². The highest BCUT2D eigenvalue weighted by molar-refractivity contribution is 7.92. The largest absolute Gasteiger partial charge is 0.487 e.